The minimum atomic E-state index is 0.428. The smallest absolute Gasteiger partial charge is 0.222 e. The molecule has 1 aromatic heterocycles. The van der Waals surface area contributed by atoms with Crippen molar-refractivity contribution in [3.05, 3.63) is 47.8 Å². The maximum absolute atomic E-state index is 5.95. The molecular weight excluding hydrogens is 302 g/mol. The Morgan fingerprint density at radius 1 is 1.33 bits per heavy atom. The summed E-state index contributed by atoms with van der Waals surface area (Å²) in [4.78, 5) is 10.7. The van der Waals surface area contributed by atoms with Crippen LogP contribution in [0.3, 0.4) is 0 Å². The first-order chi connectivity index (χ1) is 11.7. The summed E-state index contributed by atoms with van der Waals surface area (Å²) in [6.45, 7) is 5.00. The number of anilines is 1. The summed E-state index contributed by atoms with van der Waals surface area (Å²) in [7, 11) is 1.60. The summed E-state index contributed by atoms with van der Waals surface area (Å²) < 4.78 is 5.28. The summed E-state index contributed by atoms with van der Waals surface area (Å²) in [6, 6.07) is 11.5. The van der Waals surface area contributed by atoms with E-state index >= 15 is 0 Å². The number of nitrogens with one attached hydrogen (secondary N) is 1. The van der Waals surface area contributed by atoms with Crippen LogP contribution in [-0.2, 0) is 6.54 Å². The predicted molar refractivity (Wildman–Crippen MR) is 94.7 cm³/mol. The third-order valence-corrected chi connectivity index (χ3v) is 4.75. The number of hydrogen-bond donors (Lipinski definition) is 2. The van der Waals surface area contributed by atoms with Crippen molar-refractivity contribution in [1.82, 2.24) is 20.2 Å². The van der Waals surface area contributed by atoms with E-state index in [2.05, 4.69) is 57.4 Å². The van der Waals surface area contributed by atoms with Crippen LogP contribution < -0.4 is 15.8 Å². The highest BCUT2D eigenvalue weighted by molar-refractivity contribution is 5.44. The Kier molecular flexibility index (Phi) is 5.27. The molecule has 6 nitrogen and oxygen atoms in total. The Labute approximate surface area is 143 Å². The molecular formula is C18H25N5O. The number of rotatable bonds is 6. The summed E-state index contributed by atoms with van der Waals surface area (Å²) >= 11 is 0. The number of benzene rings is 1. The zero-order valence-electron chi connectivity index (χ0n) is 14.3. The molecule has 0 saturated carbocycles. The maximum atomic E-state index is 5.95. The lowest BCUT2D eigenvalue weighted by atomic mass is 10.1. The SMILES string of the molecule is COc1ncnc(N)c1CN[C@@H]1CCN([C@@H](C)c2ccccc2)C1. The van der Waals surface area contributed by atoms with Gasteiger partial charge in [-0.2, -0.15) is 0 Å². The molecule has 24 heavy (non-hydrogen) atoms. The first-order valence-corrected chi connectivity index (χ1v) is 8.34. The van der Waals surface area contributed by atoms with Gasteiger partial charge in [0, 0.05) is 31.7 Å². The van der Waals surface area contributed by atoms with E-state index in [1.54, 1.807) is 7.11 Å². The molecule has 0 bridgehead atoms. The lowest BCUT2D eigenvalue weighted by Crippen LogP contribution is -2.33. The van der Waals surface area contributed by atoms with Gasteiger partial charge in [-0.25, -0.2) is 9.97 Å². The zero-order chi connectivity index (χ0) is 16.9. The van der Waals surface area contributed by atoms with Gasteiger partial charge in [-0.1, -0.05) is 30.3 Å². The van der Waals surface area contributed by atoms with Gasteiger partial charge in [0.25, 0.3) is 0 Å². The fourth-order valence-corrected chi connectivity index (χ4v) is 3.25. The zero-order valence-corrected chi connectivity index (χ0v) is 14.3. The number of aromatic nitrogens is 2. The monoisotopic (exact) mass is 327 g/mol. The van der Waals surface area contributed by atoms with Gasteiger partial charge in [0.1, 0.15) is 12.1 Å². The summed E-state index contributed by atoms with van der Waals surface area (Å²) in [5.74, 6) is 1.02. The van der Waals surface area contributed by atoms with E-state index in [1.807, 2.05) is 0 Å². The Balaban J connectivity index is 1.57. The first kappa shape index (κ1) is 16.7. The van der Waals surface area contributed by atoms with E-state index < -0.39 is 0 Å². The molecule has 128 valence electrons. The van der Waals surface area contributed by atoms with Crippen LogP contribution in [0.5, 0.6) is 5.88 Å². The van der Waals surface area contributed by atoms with Crippen molar-refractivity contribution in [2.45, 2.75) is 32.0 Å². The quantitative estimate of drug-likeness (QED) is 0.845. The minimum Gasteiger partial charge on any atom is -0.481 e. The van der Waals surface area contributed by atoms with Crippen molar-refractivity contribution in [3.63, 3.8) is 0 Å². The van der Waals surface area contributed by atoms with Gasteiger partial charge < -0.3 is 15.8 Å². The van der Waals surface area contributed by atoms with Crippen molar-refractivity contribution in [2.24, 2.45) is 0 Å². The second-order valence-corrected chi connectivity index (χ2v) is 6.19. The van der Waals surface area contributed by atoms with Crippen LogP contribution >= 0.6 is 0 Å². The highest BCUT2D eigenvalue weighted by atomic mass is 16.5. The second kappa shape index (κ2) is 7.59. The van der Waals surface area contributed by atoms with Crippen LogP contribution in [0.1, 0.15) is 30.5 Å². The minimum absolute atomic E-state index is 0.428. The molecule has 1 saturated heterocycles. The molecule has 1 aliphatic rings. The fraction of sp³-hybridized carbons (Fsp3) is 0.444. The molecule has 2 aromatic rings. The summed E-state index contributed by atoms with van der Waals surface area (Å²) in [5, 5.41) is 3.57. The molecule has 2 atom stereocenters. The number of nitrogen functional groups attached to an aromatic ring is 1. The Bertz CT molecular complexity index is 664. The fourth-order valence-electron chi connectivity index (χ4n) is 3.25. The number of methoxy groups -OCH3 is 1. The molecule has 1 aromatic carbocycles. The van der Waals surface area contributed by atoms with Gasteiger partial charge in [-0.3, -0.25) is 4.90 Å². The molecule has 1 fully saturated rings. The highest BCUT2D eigenvalue weighted by Crippen LogP contribution is 2.25. The van der Waals surface area contributed by atoms with E-state index in [4.69, 9.17) is 10.5 Å². The molecule has 6 heteroatoms. The maximum Gasteiger partial charge on any atom is 0.222 e. The number of ether oxygens (including phenoxy) is 1. The lowest BCUT2D eigenvalue weighted by molar-refractivity contribution is 0.255. The largest absolute Gasteiger partial charge is 0.481 e. The van der Waals surface area contributed by atoms with Gasteiger partial charge in [0.15, 0.2) is 0 Å². The van der Waals surface area contributed by atoms with Crippen molar-refractivity contribution in [2.75, 3.05) is 25.9 Å². The average Bonchev–Trinajstić information content (AvgIpc) is 3.09. The average molecular weight is 327 g/mol. The van der Waals surface area contributed by atoms with Gasteiger partial charge in [0.05, 0.1) is 12.7 Å². The molecule has 2 heterocycles. The molecule has 0 unspecified atom stereocenters. The van der Waals surface area contributed by atoms with Gasteiger partial charge in [-0.15, -0.1) is 0 Å². The van der Waals surface area contributed by atoms with Crippen LogP contribution in [0.25, 0.3) is 0 Å². The Hall–Kier alpha value is -2.18. The lowest BCUT2D eigenvalue weighted by Gasteiger charge is -2.25. The Morgan fingerprint density at radius 2 is 2.12 bits per heavy atom. The molecule has 3 N–H and O–H groups in total. The molecule has 3 rings (SSSR count). The van der Waals surface area contributed by atoms with E-state index in [0.29, 0.717) is 30.3 Å². The number of nitrogens with two attached hydrogens (primary N) is 1. The van der Waals surface area contributed by atoms with Crippen molar-refractivity contribution >= 4 is 5.82 Å². The van der Waals surface area contributed by atoms with Crippen molar-refractivity contribution in [3.8, 4) is 5.88 Å². The molecule has 0 amide bonds. The van der Waals surface area contributed by atoms with Crippen LogP contribution in [0.2, 0.25) is 0 Å². The molecule has 0 radical (unpaired) electrons. The second-order valence-electron chi connectivity index (χ2n) is 6.19. The topological polar surface area (TPSA) is 76.3 Å². The number of nitrogens with zero attached hydrogens (tertiary/aromatic N) is 3. The standard InChI is InChI=1S/C18H25N5O/c1-13(14-6-4-3-5-7-14)23-9-8-15(11-23)20-10-16-17(19)21-12-22-18(16)24-2/h3-7,12-13,15,20H,8-11H2,1-2H3,(H2,19,21,22)/t13-,15+/m0/s1. The van der Waals surface area contributed by atoms with E-state index in [0.717, 1.165) is 25.1 Å². The van der Waals surface area contributed by atoms with Gasteiger partial charge in [-0.05, 0) is 18.9 Å². The van der Waals surface area contributed by atoms with E-state index in [-0.39, 0.29) is 0 Å². The normalized spacial score (nSPS) is 19.3. The summed E-state index contributed by atoms with van der Waals surface area (Å²) in [5.41, 5.74) is 8.14. The van der Waals surface area contributed by atoms with Crippen molar-refractivity contribution in [1.29, 1.82) is 0 Å². The molecule has 0 spiro atoms. The highest BCUT2D eigenvalue weighted by Gasteiger charge is 2.26. The Morgan fingerprint density at radius 3 is 2.88 bits per heavy atom. The number of hydrogen-bond acceptors (Lipinski definition) is 6. The van der Waals surface area contributed by atoms with Crippen LogP contribution in [-0.4, -0.2) is 41.1 Å². The molecule has 0 aliphatic carbocycles. The molecule has 1 aliphatic heterocycles. The predicted octanol–water partition coefficient (Wildman–Crippen LogP) is 1.99. The van der Waals surface area contributed by atoms with Gasteiger partial charge in [0.2, 0.25) is 5.88 Å². The van der Waals surface area contributed by atoms with Crippen LogP contribution in [0, 0.1) is 0 Å². The van der Waals surface area contributed by atoms with E-state index in [1.165, 1.54) is 11.9 Å². The van der Waals surface area contributed by atoms with Gasteiger partial charge >= 0.3 is 0 Å². The van der Waals surface area contributed by atoms with Crippen molar-refractivity contribution < 1.29 is 4.74 Å². The van der Waals surface area contributed by atoms with Crippen LogP contribution in [0.15, 0.2) is 36.7 Å². The van der Waals surface area contributed by atoms with Crippen LogP contribution in [0.4, 0.5) is 5.82 Å². The third kappa shape index (κ3) is 3.66. The third-order valence-electron chi connectivity index (χ3n) is 4.75. The summed E-state index contributed by atoms with van der Waals surface area (Å²) in [6.07, 6.45) is 2.55. The number of likely N-dealkylation sites (tertiary alicyclic amines) is 1. The van der Waals surface area contributed by atoms with E-state index in [9.17, 15) is 0 Å². The first-order valence-electron chi connectivity index (χ1n) is 8.34.